The van der Waals surface area contributed by atoms with Gasteiger partial charge in [0.15, 0.2) is 0 Å². The summed E-state index contributed by atoms with van der Waals surface area (Å²) in [6.07, 6.45) is 1.89. The second kappa shape index (κ2) is 9.79. The monoisotopic (exact) mass is 362 g/mol. The first kappa shape index (κ1) is 19.8. The number of nitrogens with zero attached hydrogens (tertiary/aromatic N) is 1. The maximum absolute atomic E-state index is 12.2. The summed E-state index contributed by atoms with van der Waals surface area (Å²) in [7, 11) is 0. The van der Waals surface area contributed by atoms with Gasteiger partial charge in [-0.3, -0.25) is 14.4 Å². The van der Waals surface area contributed by atoms with E-state index in [4.69, 9.17) is 9.84 Å². The molecule has 1 fully saturated rings. The number of carboxylic acid groups (broad SMARTS) is 1. The summed E-state index contributed by atoms with van der Waals surface area (Å²) in [5, 5.41) is 11.8. The fourth-order valence-electron chi connectivity index (χ4n) is 3.01. The largest absolute Gasteiger partial charge is 0.493 e. The standard InChI is InChI=1S/C19H26N2O5/c1-2-26-16-7-4-3-6-15(16)18(23)20-11-5-8-17(22)21-12-9-14(10-13-21)19(24)25/h3-4,6-7,14H,2,5,8-13H2,1H3,(H,20,23)(H,24,25). The van der Waals surface area contributed by atoms with Gasteiger partial charge in [0.05, 0.1) is 18.1 Å². The number of benzene rings is 1. The molecule has 2 N–H and O–H groups in total. The topological polar surface area (TPSA) is 95.9 Å². The lowest BCUT2D eigenvalue weighted by atomic mass is 9.97. The third-order valence-electron chi connectivity index (χ3n) is 4.48. The van der Waals surface area contributed by atoms with Crippen LogP contribution in [0.4, 0.5) is 0 Å². The number of likely N-dealkylation sites (tertiary alicyclic amines) is 1. The van der Waals surface area contributed by atoms with Crippen molar-refractivity contribution >= 4 is 17.8 Å². The molecule has 0 radical (unpaired) electrons. The summed E-state index contributed by atoms with van der Waals surface area (Å²) in [6.45, 7) is 3.72. The lowest BCUT2D eigenvalue weighted by molar-refractivity contribution is -0.145. The van der Waals surface area contributed by atoms with E-state index in [9.17, 15) is 14.4 Å². The smallest absolute Gasteiger partial charge is 0.306 e. The van der Waals surface area contributed by atoms with Gasteiger partial charge in [-0.15, -0.1) is 0 Å². The van der Waals surface area contributed by atoms with Gasteiger partial charge in [0.1, 0.15) is 5.75 Å². The van der Waals surface area contributed by atoms with E-state index in [0.717, 1.165) is 0 Å². The van der Waals surface area contributed by atoms with Crippen LogP contribution >= 0.6 is 0 Å². The number of amides is 2. The number of rotatable bonds is 8. The highest BCUT2D eigenvalue weighted by molar-refractivity contribution is 5.96. The zero-order chi connectivity index (χ0) is 18.9. The van der Waals surface area contributed by atoms with Crippen molar-refractivity contribution < 1.29 is 24.2 Å². The summed E-state index contributed by atoms with van der Waals surface area (Å²) in [6, 6.07) is 7.05. The number of aliphatic carboxylic acids is 1. The number of nitrogens with one attached hydrogen (secondary N) is 1. The molecule has 7 heteroatoms. The summed E-state index contributed by atoms with van der Waals surface area (Å²) < 4.78 is 5.44. The van der Waals surface area contributed by atoms with Gasteiger partial charge < -0.3 is 20.1 Å². The Hall–Kier alpha value is -2.57. The molecule has 0 unspecified atom stereocenters. The molecule has 1 heterocycles. The Kier molecular flexibility index (Phi) is 7.44. The van der Waals surface area contributed by atoms with Gasteiger partial charge in [0.25, 0.3) is 5.91 Å². The van der Waals surface area contributed by atoms with Crippen molar-refractivity contribution in [2.24, 2.45) is 5.92 Å². The van der Waals surface area contributed by atoms with Crippen molar-refractivity contribution in [3.8, 4) is 5.75 Å². The number of para-hydroxylation sites is 1. The minimum absolute atomic E-state index is 0.0119. The molecule has 1 aromatic rings. The van der Waals surface area contributed by atoms with Gasteiger partial charge in [-0.25, -0.2) is 0 Å². The van der Waals surface area contributed by atoms with E-state index in [1.54, 1.807) is 23.1 Å². The highest BCUT2D eigenvalue weighted by Crippen LogP contribution is 2.19. The van der Waals surface area contributed by atoms with Crippen LogP contribution in [-0.2, 0) is 9.59 Å². The number of hydrogen-bond donors (Lipinski definition) is 2. The Bertz CT molecular complexity index is 639. The number of carbonyl (C=O) groups is 3. The average Bonchev–Trinajstić information content (AvgIpc) is 2.65. The molecule has 2 rings (SSSR count). The van der Waals surface area contributed by atoms with Crippen LogP contribution in [0.2, 0.25) is 0 Å². The molecule has 142 valence electrons. The molecular weight excluding hydrogens is 336 g/mol. The first-order valence-electron chi connectivity index (χ1n) is 9.03. The van der Waals surface area contributed by atoms with Crippen LogP contribution in [0, 0.1) is 5.92 Å². The number of carbonyl (C=O) groups excluding carboxylic acids is 2. The van der Waals surface area contributed by atoms with Crippen LogP contribution in [0.15, 0.2) is 24.3 Å². The maximum atomic E-state index is 12.2. The van der Waals surface area contributed by atoms with Gasteiger partial charge in [0, 0.05) is 26.1 Å². The SMILES string of the molecule is CCOc1ccccc1C(=O)NCCCC(=O)N1CCC(C(=O)O)CC1. The van der Waals surface area contributed by atoms with E-state index >= 15 is 0 Å². The third-order valence-corrected chi connectivity index (χ3v) is 4.48. The van der Waals surface area contributed by atoms with E-state index in [-0.39, 0.29) is 17.7 Å². The van der Waals surface area contributed by atoms with Gasteiger partial charge in [0.2, 0.25) is 5.91 Å². The first-order chi connectivity index (χ1) is 12.5. The molecule has 0 aliphatic carbocycles. The Morgan fingerprint density at radius 2 is 1.92 bits per heavy atom. The fraction of sp³-hybridized carbons (Fsp3) is 0.526. The molecule has 0 saturated carbocycles. The van der Waals surface area contributed by atoms with Gasteiger partial charge in [-0.05, 0) is 38.3 Å². The normalized spacial score (nSPS) is 14.7. The van der Waals surface area contributed by atoms with E-state index in [2.05, 4.69) is 5.32 Å². The predicted octanol–water partition coefficient (Wildman–Crippen LogP) is 1.92. The molecular formula is C19H26N2O5. The molecule has 0 aromatic heterocycles. The van der Waals surface area contributed by atoms with Gasteiger partial charge >= 0.3 is 5.97 Å². The fourth-order valence-corrected chi connectivity index (χ4v) is 3.01. The third kappa shape index (κ3) is 5.47. The quantitative estimate of drug-likeness (QED) is 0.689. The number of ether oxygens (including phenoxy) is 1. The highest BCUT2D eigenvalue weighted by atomic mass is 16.5. The molecule has 0 atom stereocenters. The van der Waals surface area contributed by atoms with E-state index in [1.165, 1.54) is 0 Å². The van der Waals surface area contributed by atoms with Crippen molar-refractivity contribution in [3.05, 3.63) is 29.8 Å². The summed E-state index contributed by atoms with van der Waals surface area (Å²) in [5.41, 5.74) is 0.483. The van der Waals surface area contributed by atoms with E-state index in [1.807, 2.05) is 13.0 Å². The summed E-state index contributed by atoms with van der Waals surface area (Å²) in [4.78, 5) is 37.1. The van der Waals surface area contributed by atoms with Gasteiger partial charge in [-0.2, -0.15) is 0 Å². The Morgan fingerprint density at radius 3 is 2.58 bits per heavy atom. The van der Waals surface area contributed by atoms with Gasteiger partial charge in [-0.1, -0.05) is 12.1 Å². The van der Waals surface area contributed by atoms with Crippen molar-refractivity contribution in [3.63, 3.8) is 0 Å². The molecule has 0 bridgehead atoms. The number of carboxylic acids is 1. The van der Waals surface area contributed by atoms with Crippen LogP contribution in [0.3, 0.4) is 0 Å². The molecule has 26 heavy (non-hydrogen) atoms. The lowest BCUT2D eigenvalue weighted by Crippen LogP contribution is -2.40. The maximum Gasteiger partial charge on any atom is 0.306 e. The van der Waals surface area contributed by atoms with Crippen LogP contribution in [-0.4, -0.2) is 54.0 Å². The molecule has 2 amide bonds. The second-order valence-electron chi connectivity index (χ2n) is 6.28. The average molecular weight is 362 g/mol. The zero-order valence-electron chi connectivity index (χ0n) is 15.1. The molecule has 1 saturated heterocycles. The lowest BCUT2D eigenvalue weighted by Gasteiger charge is -2.30. The molecule has 0 spiro atoms. The number of hydrogen-bond acceptors (Lipinski definition) is 4. The number of piperidine rings is 1. The van der Waals surface area contributed by atoms with Crippen molar-refractivity contribution in [2.75, 3.05) is 26.2 Å². The summed E-state index contributed by atoms with van der Waals surface area (Å²) >= 11 is 0. The van der Waals surface area contributed by atoms with E-state index in [0.29, 0.717) is 63.2 Å². The molecule has 1 aliphatic rings. The minimum Gasteiger partial charge on any atom is -0.493 e. The van der Waals surface area contributed by atoms with Crippen LogP contribution in [0.5, 0.6) is 5.75 Å². The molecule has 7 nitrogen and oxygen atoms in total. The highest BCUT2D eigenvalue weighted by Gasteiger charge is 2.26. The second-order valence-corrected chi connectivity index (χ2v) is 6.28. The predicted molar refractivity (Wildman–Crippen MR) is 96.1 cm³/mol. The van der Waals surface area contributed by atoms with Crippen molar-refractivity contribution in [1.82, 2.24) is 10.2 Å². The van der Waals surface area contributed by atoms with Crippen LogP contribution in [0.25, 0.3) is 0 Å². The zero-order valence-corrected chi connectivity index (χ0v) is 15.1. The minimum atomic E-state index is -0.785. The molecule has 1 aliphatic heterocycles. The van der Waals surface area contributed by atoms with Crippen LogP contribution in [0.1, 0.15) is 43.0 Å². The Labute approximate surface area is 153 Å². The van der Waals surface area contributed by atoms with Crippen molar-refractivity contribution in [1.29, 1.82) is 0 Å². The summed E-state index contributed by atoms with van der Waals surface area (Å²) in [5.74, 6) is -0.789. The first-order valence-corrected chi connectivity index (χ1v) is 9.03. The Morgan fingerprint density at radius 1 is 1.23 bits per heavy atom. The Balaban J connectivity index is 1.71. The van der Waals surface area contributed by atoms with E-state index < -0.39 is 5.97 Å². The van der Waals surface area contributed by atoms with Crippen molar-refractivity contribution in [2.45, 2.75) is 32.6 Å². The van der Waals surface area contributed by atoms with Crippen LogP contribution < -0.4 is 10.1 Å². The molecule has 1 aromatic carbocycles.